The monoisotopic (exact) mass is 469 g/mol. The Balaban J connectivity index is 2.70. The molecule has 15 heteroatoms. The number of aliphatic carboxylic acids is 2. The molecule has 10 N–H and O–H groups in total. The largest absolute Gasteiger partial charge is 0.481 e. The van der Waals surface area contributed by atoms with Gasteiger partial charge in [0.15, 0.2) is 0 Å². The number of aromatic nitrogens is 2. The van der Waals surface area contributed by atoms with E-state index in [9.17, 15) is 33.9 Å². The highest BCUT2D eigenvalue weighted by Gasteiger charge is 2.27. The molecule has 182 valence electrons. The molecule has 0 aromatic carbocycles. The quantitative estimate of drug-likeness (QED) is 0.126. The molecule has 1 rings (SSSR count). The Bertz CT molecular complexity index is 858. The van der Waals surface area contributed by atoms with Gasteiger partial charge in [0.25, 0.3) is 0 Å². The summed E-state index contributed by atoms with van der Waals surface area (Å²) in [6, 6.07) is -3.81. The Hall–Kier alpha value is -4.01. The van der Waals surface area contributed by atoms with Gasteiger partial charge in [0.1, 0.15) is 12.1 Å². The predicted octanol–water partition coefficient (Wildman–Crippen LogP) is -3.42. The lowest BCUT2D eigenvalue weighted by Crippen LogP contribution is -2.54. The van der Waals surface area contributed by atoms with Crippen molar-refractivity contribution in [3.05, 3.63) is 18.2 Å². The highest BCUT2D eigenvalue weighted by molar-refractivity contribution is 5.93. The summed E-state index contributed by atoms with van der Waals surface area (Å²) >= 11 is 0. The van der Waals surface area contributed by atoms with E-state index in [-0.39, 0.29) is 32.1 Å². The van der Waals surface area contributed by atoms with Crippen LogP contribution in [0.4, 0.5) is 0 Å². The number of aromatic amines is 1. The molecule has 0 fully saturated rings. The number of nitrogens with two attached hydrogens (primary N) is 2. The van der Waals surface area contributed by atoms with Gasteiger partial charge in [0.2, 0.25) is 23.6 Å². The SMILES string of the molecule is NC(=O)CCC(NC(=O)CNC(=O)C(N)CCC(=O)O)C(=O)NC(Cc1cnc[nH]1)C(=O)O. The number of carbonyl (C=O) groups is 6. The van der Waals surface area contributed by atoms with E-state index in [2.05, 4.69) is 25.9 Å². The number of imidazole rings is 1. The number of amides is 4. The van der Waals surface area contributed by atoms with Crippen molar-refractivity contribution in [2.24, 2.45) is 11.5 Å². The first-order chi connectivity index (χ1) is 15.5. The summed E-state index contributed by atoms with van der Waals surface area (Å²) < 4.78 is 0. The molecule has 15 nitrogen and oxygen atoms in total. The van der Waals surface area contributed by atoms with Crippen molar-refractivity contribution in [2.45, 2.75) is 50.2 Å². The number of carbonyl (C=O) groups excluding carboxylic acids is 4. The third kappa shape index (κ3) is 10.7. The summed E-state index contributed by atoms with van der Waals surface area (Å²) in [7, 11) is 0. The van der Waals surface area contributed by atoms with Crippen molar-refractivity contribution in [3.8, 4) is 0 Å². The van der Waals surface area contributed by atoms with E-state index >= 15 is 0 Å². The Morgan fingerprint density at radius 1 is 1.00 bits per heavy atom. The molecule has 3 unspecified atom stereocenters. The predicted molar refractivity (Wildman–Crippen MR) is 110 cm³/mol. The minimum atomic E-state index is -1.35. The van der Waals surface area contributed by atoms with Gasteiger partial charge in [-0.05, 0) is 12.8 Å². The van der Waals surface area contributed by atoms with E-state index < -0.39 is 60.2 Å². The van der Waals surface area contributed by atoms with Crippen LogP contribution in [0.2, 0.25) is 0 Å². The Labute approximate surface area is 187 Å². The minimum absolute atomic E-state index is 0.109. The summed E-state index contributed by atoms with van der Waals surface area (Å²) in [5.41, 5.74) is 11.1. The molecular weight excluding hydrogens is 442 g/mol. The molecule has 0 saturated heterocycles. The van der Waals surface area contributed by atoms with Crippen LogP contribution in [-0.4, -0.2) is 80.4 Å². The fourth-order valence-electron chi connectivity index (χ4n) is 2.60. The lowest BCUT2D eigenvalue weighted by Gasteiger charge is -2.21. The molecule has 1 aromatic rings. The number of hydrogen-bond donors (Lipinski definition) is 8. The normalized spacial score (nSPS) is 13.2. The second kappa shape index (κ2) is 13.4. The molecular formula is C18H27N7O8. The zero-order chi connectivity index (χ0) is 25.0. The van der Waals surface area contributed by atoms with Gasteiger partial charge in [0.05, 0.1) is 18.9 Å². The van der Waals surface area contributed by atoms with E-state index in [1.807, 2.05) is 0 Å². The van der Waals surface area contributed by atoms with Crippen molar-refractivity contribution in [1.82, 2.24) is 25.9 Å². The third-order valence-corrected chi connectivity index (χ3v) is 4.35. The maximum atomic E-state index is 12.6. The van der Waals surface area contributed by atoms with E-state index in [1.54, 1.807) is 0 Å². The summed E-state index contributed by atoms with van der Waals surface area (Å²) in [4.78, 5) is 76.2. The molecule has 4 amide bonds. The van der Waals surface area contributed by atoms with Crippen LogP contribution >= 0.6 is 0 Å². The summed E-state index contributed by atoms with van der Waals surface area (Å²) in [5, 5.41) is 24.8. The fraction of sp³-hybridized carbons (Fsp3) is 0.500. The lowest BCUT2D eigenvalue weighted by molar-refractivity contribution is -0.142. The van der Waals surface area contributed by atoms with Gasteiger partial charge in [-0.1, -0.05) is 0 Å². The van der Waals surface area contributed by atoms with Crippen LogP contribution in [-0.2, 0) is 35.2 Å². The van der Waals surface area contributed by atoms with Crippen LogP contribution in [0.3, 0.4) is 0 Å². The molecule has 33 heavy (non-hydrogen) atoms. The van der Waals surface area contributed by atoms with Crippen molar-refractivity contribution in [1.29, 1.82) is 0 Å². The van der Waals surface area contributed by atoms with Gasteiger partial charge in [-0.2, -0.15) is 0 Å². The first-order valence-electron chi connectivity index (χ1n) is 9.82. The number of nitrogens with zero attached hydrogens (tertiary/aromatic N) is 1. The van der Waals surface area contributed by atoms with Gasteiger partial charge in [0, 0.05) is 31.2 Å². The number of carboxylic acid groups (broad SMARTS) is 2. The molecule has 3 atom stereocenters. The summed E-state index contributed by atoms with van der Waals surface area (Å²) in [6.07, 6.45) is 1.66. The fourth-order valence-corrected chi connectivity index (χ4v) is 2.60. The first kappa shape index (κ1) is 27.0. The van der Waals surface area contributed by atoms with Crippen LogP contribution in [0.5, 0.6) is 0 Å². The van der Waals surface area contributed by atoms with E-state index in [1.165, 1.54) is 12.5 Å². The number of rotatable bonds is 15. The molecule has 0 saturated carbocycles. The Kier molecular flexibility index (Phi) is 11.0. The van der Waals surface area contributed by atoms with Crippen molar-refractivity contribution < 1.29 is 39.0 Å². The highest BCUT2D eigenvalue weighted by Crippen LogP contribution is 2.03. The highest BCUT2D eigenvalue weighted by atomic mass is 16.4. The van der Waals surface area contributed by atoms with Gasteiger partial charge in [-0.25, -0.2) is 9.78 Å². The van der Waals surface area contributed by atoms with Crippen molar-refractivity contribution in [3.63, 3.8) is 0 Å². The number of carboxylic acids is 2. The van der Waals surface area contributed by atoms with Gasteiger partial charge >= 0.3 is 11.9 Å². The molecule has 1 aromatic heterocycles. The maximum Gasteiger partial charge on any atom is 0.326 e. The van der Waals surface area contributed by atoms with Gasteiger partial charge < -0.3 is 42.6 Å². The molecule has 1 heterocycles. The van der Waals surface area contributed by atoms with E-state index in [4.69, 9.17) is 16.6 Å². The zero-order valence-corrected chi connectivity index (χ0v) is 17.6. The smallest absolute Gasteiger partial charge is 0.326 e. The summed E-state index contributed by atoms with van der Waals surface area (Å²) in [6.45, 7) is -0.587. The molecule has 0 bridgehead atoms. The van der Waals surface area contributed by atoms with Gasteiger partial charge in [-0.15, -0.1) is 0 Å². The average molecular weight is 469 g/mol. The Morgan fingerprint density at radius 3 is 2.24 bits per heavy atom. The topological polar surface area (TPSA) is 260 Å². The standard InChI is InChI=1S/C18H27N7O8/c19-10(1-4-15(28)29)16(30)22-7-14(27)24-11(2-3-13(20)26)17(31)25-12(18(32)33)5-9-6-21-8-23-9/h6,8,10-12H,1-5,7,19H2,(H2,20,26)(H,21,23)(H,22,30)(H,24,27)(H,25,31)(H,28,29)(H,32,33). The molecule has 0 aliphatic rings. The zero-order valence-electron chi connectivity index (χ0n) is 17.6. The summed E-state index contributed by atoms with van der Waals surface area (Å²) in [5.74, 6) is -5.67. The lowest BCUT2D eigenvalue weighted by atomic mass is 10.1. The minimum Gasteiger partial charge on any atom is -0.481 e. The third-order valence-electron chi connectivity index (χ3n) is 4.35. The second-order valence-corrected chi connectivity index (χ2v) is 7.06. The van der Waals surface area contributed by atoms with Crippen LogP contribution < -0.4 is 27.4 Å². The Morgan fingerprint density at radius 2 is 1.70 bits per heavy atom. The van der Waals surface area contributed by atoms with Crippen molar-refractivity contribution in [2.75, 3.05) is 6.54 Å². The van der Waals surface area contributed by atoms with Crippen molar-refractivity contribution >= 4 is 35.6 Å². The molecule has 0 aliphatic heterocycles. The number of hydrogen-bond acceptors (Lipinski definition) is 8. The average Bonchev–Trinajstić information content (AvgIpc) is 3.25. The van der Waals surface area contributed by atoms with Crippen LogP contribution in [0.25, 0.3) is 0 Å². The molecule has 0 aliphatic carbocycles. The van der Waals surface area contributed by atoms with Crippen LogP contribution in [0, 0.1) is 0 Å². The first-order valence-corrected chi connectivity index (χ1v) is 9.82. The maximum absolute atomic E-state index is 12.6. The number of H-pyrrole nitrogens is 1. The van der Waals surface area contributed by atoms with Gasteiger partial charge in [-0.3, -0.25) is 24.0 Å². The van der Waals surface area contributed by atoms with Crippen LogP contribution in [0.15, 0.2) is 12.5 Å². The molecule has 0 radical (unpaired) electrons. The van der Waals surface area contributed by atoms with Crippen LogP contribution in [0.1, 0.15) is 31.4 Å². The second-order valence-electron chi connectivity index (χ2n) is 7.06. The van der Waals surface area contributed by atoms with E-state index in [0.717, 1.165) is 0 Å². The number of nitrogens with one attached hydrogen (secondary N) is 4. The molecule has 0 spiro atoms. The number of primary amides is 1. The van der Waals surface area contributed by atoms with E-state index in [0.29, 0.717) is 5.69 Å².